The van der Waals surface area contributed by atoms with Crippen molar-refractivity contribution in [2.45, 2.75) is 40.5 Å². The Labute approximate surface area is 144 Å². The van der Waals surface area contributed by atoms with Gasteiger partial charge in [0.25, 0.3) is 5.91 Å². The maximum Gasteiger partial charge on any atom is 0.274 e. The van der Waals surface area contributed by atoms with Gasteiger partial charge in [-0.1, -0.05) is 32.0 Å². The molecule has 0 atom stereocenters. The van der Waals surface area contributed by atoms with Crippen LogP contribution < -0.4 is 10.2 Å². The van der Waals surface area contributed by atoms with E-state index in [1.165, 1.54) is 0 Å². The molecule has 0 radical (unpaired) electrons. The quantitative estimate of drug-likeness (QED) is 0.836. The van der Waals surface area contributed by atoms with Crippen molar-refractivity contribution < 1.29 is 4.79 Å². The molecule has 1 aromatic carbocycles. The summed E-state index contributed by atoms with van der Waals surface area (Å²) in [7, 11) is 0. The van der Waals surface area contributed by atoms with Gasteiger partial charge < -0.3 is 10.2 Å². The summed E-state index contributed by atoms with van der Waals surface area (Å²) < 4.78 is 0. The number of para-hydroxylation sites is 1. The number of carbonyl (C=O) groups excluding carboxylic acids is 1. The predicted molar refractivity (Wildman–Crippen MR) is 98.7 cm³/mol. The van der Waals surface area contributed by atoms with Gasteiger partial charge in [-0.25, -0.2) is 9.97 Å². The van der Waals surface area contributed by atoms with E-state index in [9.17, 15) is 4.79 Å². The van der Waals surface area contributed by atoms with Gasteiger partial charge in [0, 0.05) is 24.5 Å². The minimum absolute atomic E-state index is 0.205. The topological polar surface area (TPSA) is 58.1 Å². The maximum atomic E-state index is 12.6. The van der Waals surface area contributed by atoms with Crippen LogP contribution in [0.15, 0.2) is 30.3 Å². The Hall–Kier alpha value is -2.43. The van der Waals surface area contributed by atoms with Crippen molar-refractivity contribution in [3.05, 3.63) is 47.3 Å². The van der Waals surface area contributed by atoms with E-state index in [4.69, 9.17) is 0 Å². The minimum Gasteiger partial charge on any atom is -0.341 e. The Balaban J connectivity index is 2.26. The zero-order valence-corrected chi connectivity index (χ0v) is 15.0. The van der Waals surface area contributed by atoms with E-state index in [0.29, 0.717) is 11.6 Å². The summed E-state index contributed by atoms with van der Waals surface area (Å²) in [5, 5.41) is 2.94. The first kappa shape index (κ1) is 17.9. The molecule has 0 spiro atoms. The number of benzene rings is 1. The van der Waals surface area contributed by atoms with E-state index in [-0.39, 0.29) is 5.91 Å². The van der Waals surface area contributed by atoms with Gasteiger partial charge in [-0.2, -0.15) is 0 Å². The van der Waals surface area contributed by atoms with Gasteiger partial charge in [-0.15, -0.1) is 0 Å². The second kappa shape index (κ2) is 8.43. The van der Waals surface area contributed by atoms with E-state index in [1.807, 2.05) is 38.1 Å². The molecule has 0 saturated carbocycles. The average Bonchev–Trinajstić information content (AvgIpc) is 2.56. The summed E-state index contributed by atoms with van der Waals surface area (Å²) in [6.07, 6.45) is 2.03. The van der Waals surface area contributed by atoms with Crippen LogP contribution in [0.5, 0.6) is 0 Å². The Morgan fingerprint density at radius 2 is 1.75 bits per heavy atom. The fourth-order valence-electron chi connectivity index (χ4n) is 2.56. The number of aromatic nitrogens is 2. The van der Waals surface area contributed by atoms with Gasteiger partial charge in [0.05, 0.1) is 0 Å². The van der Waals surface area contributed by atoms with Gasteiger partial charge in [-0.3, -0.25) is 4.79 Å². The van der Waals surface area contributed by atoms with Gasteiger partial charge in [-0.05, 0) is 44.4 Å². The first-order chi connectivity index (χ1) is 11.5. The van der Waals surface area contributed by atoms with Crippen LogP contribution in [0.2, 0.25) is 0 Å². The summed E-state index contributed by atoms with van der Waals surface area (Å²) in [5.41, 5.74) is 3.03. The summed E-state index contributed by atoms with van der Waals surface area (Å²) in [5.74, 6) is 0.428. The Bertz CT molecular complexity index is 694. The molecule has 128 valence electrons. The lowest BCUT2D eigenvalue weighted by atomic mass is 10.2. The highest BCUT2D eigenvalue weighted by Gasteiger charge is 2.15. The maximum absolute atomic E-state index is 12.6. The molecule has 24 heavy (non-hydrogen) atoms. The molecular formula is C19H26N4O. The molecule has 0 aliphatic rings. The standard InChI is InChI=1S/C19H26N4O/c1-5-11-23(12-6-2)19-20-15(4)13-17(22-19)18(24)21-16-10-8-7-9-14(16)3/h7-10,13H,5-6,11-12H2,1-4H3,(H,21,24). The fourth-order valence-corrected chi connectivity index (χ4v) is 2.56. The zero-order valence-electron chi connectivity index (χ0n) is 15.0. The Morgan fingerprint density at radius 3 is 2.38 bits per heavy atom. The molecule has 2 aromatic rings. The predicted octanol–water partition coefficient (Wildman–Crippen LogP) is 3.97. The second-order valence-electron chi connectivity index (χ2n) is 5.95. The third-order valence-electron chi connectivity index (χ3n) is 3.74. The lowest BCUT2D eigenvalue weighted by Crippen LogP contribution is -2.28. The highest BCUT2D eigenvalue weighted by Crippen LogP contribution is 2.16. The minimum atomic E-state index is -0.205. The van der Waals surface area contributed by atoms with Crippen molar-refractivity contribution in [2.75, 3.05) is 23.3 Å². The Morgan fingerprint density at radius 1 is 1.08 bits per heavy atom. The van der Waals surface area contributed by atoms with Crippen LogP contribution in [0, 0.1) is 13.8 Å². The summed E-state index contributed by atoms with van der Waals surface area (Å²) in [6.45, 7) is 9.89. The van der Waals surface area contributed by atoms with Gasteiger partial charge in [0.1, 0.15) is 5.69 Å². The van der Waals surface area contributed by atoms with Crippen molar-refractivity contribution >= 4 is 17.5 Å². The smallest absolute Gasteiger partial charge is 0.274 e. The lowest BCUT2D eigenvalue weighted by molar-refractivity contribution is 0.102. The largest absolute Gasteiger partial charge is 0.341 e. The van der Waals surface area contributed by atoms with Crippen LogP contribution in [-0.2, 0) is 0 Å². The number of hydrogen-bond donors (Lipinski definition) is 1. The van der Waals surface area contributed by atoms with Crippen LogP contribution in [-0.4, -0.2) is 29.0 Å². The molecule has 5 heteroatoms. The molecule has 1 N–H and O–H groups in total. The van der Waals surface area contributed by atoms with E-state index in [0.717, 1.165) is 42.9 Å². The summed E-state index contributed by atoms with van der Waals surface area (Å²) in [4.78, 5) is 23.7. The van der Waals surface area contributed by atoms with E-state index >= 15 is 0 Å². The molecule has 2 rings (SSSR count). The number of carbonyl (C=O) groups is 1. The van der Waals surface area contributed by atoms with Crippen LogP contribution in [0.25, 0.3) is 0 Å². The van der Waals surface area contributed by atoms with Crippen LogP contribution in [0.3, 0.4) is 0 Å². The number of amides is 1. The molecule has 0 bridgehead atoms. The summed E-state index contributed by atoms with van der Waals surface area (Å²) >= 11 is 0. The molecule has 0 aliphatic heterocycles. The zero-order chi connectivity index (χ0) is 17.5. The van der Waals surface area contributed by atoms with E-state index in [1.54, 1.807) is 6.07 Å². The van der Waals surface area contributed by atoms with Crippen molar-refractivity contribution in [1.82, 2.24) is 9.97 Å². The first-order valence-electron chi connectivity index (χ1n) is 8.52. The number of anilines is 2. The molecule has 1 amide bonds. The van der Waals surface area contributed by atoms with E-state index in [2.05, 4.69) is 34.0 Å². The van der Waals surface area contributed by atoms with Crippen LogP contribution in [0.4, 0.5) is 11.6 Å². The third kappa shape index (κ3) is 4.54. The Kier molecular flexibility index (Phi) is 6.29. The van der Waals surface area contributed by atoms with Crippen molar-refractivity contribution in [2.24, 2.45) is 0 Å². The first-order valence-corrected chi connectivity index (χ1v) is 8.52. The monoisotopic (exact) mass is 326 g/mol. The number of nitrogens with one attached hydrogen (secondary N) is 1. The molecule has 0 unspecified atom stereocenters. The lowest BCUT2D eigenvalue weighted by Gasteiger charge is -2.22. The van der Waals surface area contributed by atoms with Crippen molar-refractivity contribution in [3.8, 4) is 0 Å². The molecule has 0 aliphatic carbocycles. The van der Waals surface area contributed by atoms with Gasteiger partial charge in [0.15, 0.2) is 0 Å². The average molecular weight is 326 g/mol. The van der Waals surface area contributed by atoms with Gasteiger partial charge >= 0.3 is 0 Å². The third-order valence-corrected chi connectivity index (χ3v) is 3.74. The molecular weight excluding hydrogens is 300 g/mol. The second-order valence-corrected chi connectivity index (χ2v) is 5.95. The van der Waals surface area contributed by atoms with Gasteiger partial charge in [0.2, 0.25) is 5.95 Å². The molecule has 0 saturated heterocycles. The number of hydrogen-bond acceptors (Lipinski definition) is 4. The van der Waals surface area contributed by atoms with Crippen LogP contribution >= 0.6 is 0 Å². The number of nitrogens with zero attached hydrogens (tertiary/aromatic N) is 3. The SMILES string of the molecule is CCCN(CCC)c1nc(C)cc(C(=O)Nc2ccccc2C)n1. The van der Waals surface area contributed by atoms with E-state index < -0.39 is 0 Å². The fraction of sp³-hybridized carbons (Fsp3) is 0.421. The van der Waals surface area contributed by atoms with Crippen molar-refractivity contribution in [3.63, 3.8) is 0 Å². The molecule has 0 fully saturated rings. The molecule has 1 aromatic heterocycles. The molecule has 5 nitrogen and oxygen atoms in total. The van der Waals surface area contributed by atoms with Crippen LogP contribution in [0.1, 0.15) is 48.4 Å². The summed E-state index contributed by atoms with van der Waals surface area (Å²) in [6, 6.07) is 9.45. The number of aryl methyl sites for hydroxylation is 2. The molecule has 1 heterocycles. The number of rotatable bonds is 7. The van der Waals surface area contributed by atoms with Crippen molar-refractivity contribution in [1.29, 1.82) is 0 Å². The normalized spacial score (nSPS) is 10.5. The highest BCUT2D eigenvalue weighted by atomic mass is 16.1. The highest BCUT2D eigenvalue weighted by molar-refractivity contribution is 6.03.